The molecule has 1 saturated carbocycles. The maximum atomic E-state index is 13.0. The number of ether oxygens (including phenoxy) is 2. The number of allylic oxidation sites excluding steroid dienone is 1. The summed E-state index contributed by atoms with van der Waals surface area (Å²) in [5.41, 5.74) is 4.01. The van der Waals surface area contributed by atoms with Gasteiger partial charge in [-0.15, -0.1) is 0 Å². The summed E-state index contributed by atoms with van der Waals surface area (Å²) in [7, 11) is -0.147. The Morgan fingerprint density at radius 2 is 2.00 bits per heavy atom. The number of halogens is 1. The molecule has 1 fully saturated rings. The highest BCUT2D eigenvalue weighted by Crippen LogP contribution is 2.45. The third kappa shape index (κ3) is 5.63. The molecule has 2 aliphatic heterocycles. The van der Waals surface area contributed by atoms with Crippen molar-refractivity contribution in [2.24, 2.45) is 16.2 Å². The first-order valence-electron chi connectivity index (χ1n) is 14.2. The van der Waals surface area contributed by atoms with E-state index in [2.05, 4.69) is 33.5 Å². The Bertz CT molecular complexity index is 1350. The Kier molecular flexibility index (Phi) is 8.01. The van der Waals surface area contributed by atoms with Crippen molar-refractivity contribution in [3.05, 3.63) is 70.3 Å². The number of carbonyl (C=O) groups excluding carboxylic acids is 1. The van der Waals surface area contributed by atoms with E-state index in [4.69, 9.17) is 21.1 Å². The van der Waals surface area contributed by atoms with Crippen molar-refractivity contribution in [2.75, 3.05) is 30.9 Å². The zero-order chi connectivity index (χ0) is 26.9. The van der Waals surface area contributed by atoms with Crippen molar-refractivity contribution in [1.82, 2.24) is 0 Å². The quantitative estimate of drug-likeness (QED) is 0.326. The first-order valence-corrected chi connectivity index (χ1v) is 16.0. The molecule has 0 saturated heterocycles. The first kappa shape index (κ1) is 26.9. The van der Waals surface area contributed by atoms with E-state index in [9.17, 15) is 9.00 Å². The third-order valence-electron chi connectivity index (χ3n) is 9.00. The number of benzene rings is 2. The summed E-state index contributed by atoms with van der Waals surface area (Å²) in [5.74, 6) is 1.90. The summed E-state index contributed by atoms with van der Waals surface area (Å²) in [5, 5.41) is 0.774. The summed E-state index contributed by atoms with van der Waals surface area (Å²) in [6.07, 6.45) is 11.3. The van der Waals surface area contributed by atoms with Gasteiger partial charge in [-0.1, -0.05) is 29.8 Å². The van der Waals surface area contributed by atoms with Crippen LogP contribution in [0.15, 0.2) is 52.9 Å². The van der Waals surface area contributed by atoms with E-state index in [1.807, 2.05) is 18.2 Å². The third-order valence-corrected chi connectivity index (χ3v) is 10.3. The van der Waals surface area contributed by atoms with Gasteiger partial charge in [-0.2, -0.15) is 4.36 Å². The fourth-order valence-electron chi connectivity index (χ4n) is 6.79. The highest BCUT2D eigenvalue weighted by atomic mass is 35.5. The molecule has 6 atom stereocenters. The van der Waals surface area contributed by atoms with Crippen LogP contribution >= 0.6 is 11.6 Å². The topological polar surface area (TPSA) is 68.2 Å². The lowest BCUT2D eigenvalue weighted by Gasteiger charge is -2.43. The Morgan fingerprint density at radius 1 is 1.10 bits per heavy atom. The van der Waals surface area contributed by atoms with Gasteiger partial charge in [0.15, 0.2) is 0 Å². The number of amides is 1. The predicted octanol–water partition coefficient (Wildman–Crippen LogP) is 6.22. The van der Waals surface area contributed by atoms with E-state index in [1.165, 1.54) is 11.1 Å². The Balaban J connectivity index is 1.42. The molecule has 0 aromatic heterocycles. The fourth-order valence-corrected chi connectivity index (χ4v) is 7.86. The van der Waals surface area contributed by atoms with Crippen molar-refractivity contribution in [3.63, 3.8) is 0 Å². The highest BCUT2D eigenvalue weighted by molar-refractivity contribution is 7.75. The average Bonchev–Trinajstić information content (AvgIpc) is 3.16. The normalized spacial score (nSPS) is 32.1. The molecule has 4 aliphatic rings. The smallest absolute Gasteiger partial charge is 0.284 e. The summed E-state index contributed by atoms with van der Waals surface area (Å²) in [4.78, 5) is 15.5. The van der Waals surface area contributed by atoms with Crippen LogP contribution in [0.3, 0.4) is 0 Å². The van der Waals surface area contributed by atoms with E-state index in [-0.39, 0.29) is 18.1 Å². The second kappa shape index (κ2) is 11.6. The van der Waals surface area contributed by atoms with E-state index in [0.717, 1.165) is 74.5 Å². The van der Waals surface area contributed by atoms with Crippen LogP contribution in [0.4, 0.5) is 5.69 Å². The zero-order valence-corrected chi connectivity index (χ0v) is 24.1. The number of hydrogen-bond donors (Lipinski definition) is 1. The van der Waals surface area contributed by atoms with Crippen molar-refractivity contribution in [1.29, 1.82) is 0 Å². The first-order chi connectivity index (χ1) is 19.0. The molecule has 2 bridgehead atoms. The lowest BCUT2D eigenvalue weighted by atomic mass is 9.70. The standard InChI is InChI=1S/C31H37ClN2O4S/c1-37-28-7-3-2-4-15-39(36)33-31(35)21-10-14-30-27(17-21)34(18-22-9-12-25(22)28)19-26-24-13-11-23(32)16-20(24)6-5-8-29(26)38-30/h3,7,10-11,13-14,16-17,22,25-26,28-29,39H,2,4-6,8-9,12,15,18-19H2,1H3/b7-3+/t22-,25+,26+,28-,29?/m0/s1. The molecule has 2 aromatic carbocycles. The molecule has 0 N–H and O–H groups in total. The summed E-state index contributed by atoms with van der Waals surface area (Å²) in [6.45, 7) is 1.66. The van der Waals surface area contributed by atoms with E-state index >= 15 is 0 Å². The molecule has 8 heteroatoms. The highest BCUT2D eigenvalue weighted by Gasteiger charge is 2.40. The van der Waals surface area contributed by atoms with Crippen LogP contribution in [0.2, 0.25) is 5.02 Å². The number of nitrogens with zero attached hydrogens (tertiary/aromatic N) is 2. The molecule has 2 unspecified atom stereocenters. The van der Waals surface area contributed by atoms with Crippen LogP contribution in [0, 0.1) is 11.8 Å². The molecule has 2 heterocycles. The molecule has 0 radical (unpaired) electrons. The van der Waals surface area contributed by atoms with Gasteiger partial charge in [-0.05, 0) is 98.2 Å². The second-order valence-electron chi connectivity index (χ2n) is 11.3. The maximum absolute atomic E-state index is 13.0. The maximum Gasteiger partial charge on any atom is 0.284 e. The van der Waals surface area contributed by atoms with Gasteiger partial charge in [-0.25, -0.2) is 0 Å². The van der Waals surface area contributed by atoms with Crippen LogP contribution in [-0.2, 0) is 21.8 Å². The minimum Gasteiger partial charge on any atom is -0.488 e. The van der Waals surface area contributed by atoms with Gasteiger partial charge >= 0.3 is 0 Å². The largest absolute Gasteiger partial charge is 0.488 e. The molecule has 1 amide bonds. The number of thiol groups is 1. The number of aryl methyl sites for hydroxylation is 1. The molecule has 0 spiro atoms. The van der Waals surface area contributed by atoms with Gasteiger partial charge in [0.2, 0.25) is 0 Å². The van der Waals surface area contributed by atoms with Gasteiger partial charge in [0.05, 0.1) is 11.8 Å². The molecule has 39 heavy (non-hydrogen) atoms. The predicted molar refractivity (Wildman–Crippen MR) is 157 cm³/mol. The Hall–Kier alpha value is -2.35. The molecule has 6 nitrogen and oxygen atoms in total. The molecular formula is C31H37ClN2O4S. The fraction of sp³-hybridized carbons (Fsp3) is 0.516. The summed E-state index contributed by atoms with van der Waals surface area (Å²) in [6, 6.07) is 11.9. The van der Waals surface area contributed by atoms with E-state index in [1.54, 1.807) is 13.2 Å². The monoisotopic (exact) mass is 568 g/mol. The van der Waals surface area contributed by atoms with Crippen LogP contribution in [-0.4, -0.2) is 48.3 Å². The number of rotatable bonds is 1. The molecule has 6 rings (SSSR count). The Morgan fingerprint density at radius 3 is 2.82 bits per heavy atom. The zero-order valence-electron chi connectivity index (χ0n) is 22.4. The van der Waals surface area contributed by atoms with Gasteiger partial charge in [-0.3, -0.25) is 9.00 Å². The van der Waals surface area contributed by atoms with Crippen LogP contribution < -0.4 is 9.64 Å². The van der Waals surface area contributed by atoms with Crippen LogP contribution in [0.5, 0.6) is 5.75 Å². The SMILES string of the molecule is CO[C@H]1/C=C/CCC/[SH](=O)=N\C(=O)c2ccc3c(c2)N(C[C@@H]2CC[C@H]21)C[C@@H]1c2ccc(Cl)cc2CCCC1O3. The van der Waals surface area contributed by atoms with E-state index in [0.29, 0.717) is 23.2 Å². The van der Waals surface area contributed by atoms with Gasteiger partial charge in [0.1, 0.15) is 11.9 Å². The lowest BCUT2D eigenvalue weighted by Crippen LogP contribution is -2.44. The number of carbonyl (C=O) groups is 1. The minimum atomic E-state index is -1.94. The second-order valence-corrected chi connectivity index (χ2v) is 13.1. The van der Waals surface area contributed by atoms with Crippen LogP contribution in [0.1, 0.15) is 65.9 Å². The van der Waals surface area contributed by atoms with Crippen molar-refractivity contribution >= 4 is 33.8 Å². The van der Waals surface area contributed by atoms with Gasteiger partial charge in [0, 0.05) is 53.1 Å². The summed E-state index contributed by atoms with van der Waals surface area (Å²) < 4.78 is 29.3. The number of hydrogen-bond acceptors (Lipinski definition) is 5. The van der Waals surface area contributed by atoms with Crippen molar-refractivity contribution in [3.8, 4) is 5.75 Å². The molecule has 208 valence electrons. The minimum absolute atomic E-state index is 0.0397. The van der Waals surface area contributed by atoms with Gasteiger partial charge in [0.25, 0.3) is 5.91 Å². The Labute approximate surface area is 237 Å². The van der Waals surface area contributed by atoms with Crippen LogP contribution in [0.25, 0.3) is 0 Å². The number of fused-ring (bicyclic) bond motifs is 5. The van der Waals surface area contributed by atoms with Crippen molar-refractivity contribution in [2.45, 2.75) is 63.1 Å². The van der Waals surface area contributed by atoms with Gasteiger partial charge < -0.3 is 14.4 Å². The summed E-state index contributed by atoms with van der Waals surface area (Å²) >= 11 is 6.40. The van der Waals surface area contributed by atoms with Crippen molar-refractivity contribution < 1.29 is 18.5 Å². The lowest BCUT2D eigenvalue weighted by molar-refractivity contribution is 0.0134. The molecule has 2 aliphatic carbocycles. The average molecular weight is 569 g/mol. The number of anilines is 1. The molecule has 2 aromatic rings. The number of methoxy groups -OCH3 is 1. The van der Waals surface area contributed by atoms with E-state index < -0.39 is 16.5 Å². The molecular weight excluding hydrogens is 532 g/mol.